The number of aliphatic carboxylic acids is 1. The summed E-state index contributed by atoms with van der Waals surface area (Å²) in [7, 11) is 0. The molecule has 0 fully saturated rings. The van der Waals surface area contributed by atoms with Gasteiger partial charge in [0.15, 0.2) is 0 Å². The lowest BCUT2D eigenvalue weighted by Gasteiger charge is -2.21. The Balaban J connectivity index is 1.52. The minimum Gasteiger partial charge on any atom is -0.480 e. The molecule has 0 radical (unpaired) electrons. The predicted octanol–water partition coefficient (Wildman–Crippen LogP) is 5.11. The molecule has 0 aliphatic heterocycles. The van der Waals surface area contributed by atoms with Crippen LogP contribution in [-0.2, 0) is 22.7 Å². The SMILES string of the molecule is CCCC(NC(=O)NCCCCCCCC(=O)CCCCN(Cc1ccccn1)Cc1ccccn1)C(=O)O. The number of carboxylic acid groups (broad SMARTS) is 1. The number of aromatic nitrogens is 2. The third kappa shape index (κ3) is 15.0. The van der Waals surface area contributed by atoms with Gasteiger partial charge in [-0.1, -0.05) is 44.7 Å². The molecule has 214 valence electrons. The van der Waals surface area contributed by atoms with E-state index in [1.165, 1.54) is 0 Å². The van der Waals surface area contributed by atoms with Gasteiger partial charge < -0.3 is 15.7 Å². The number of amides is 2. The van der Waals surface area contributed by atoms with Crippen LogP contribution in [0.15, 0.2) is 48.8 Å². The lowest BCUT2D eigenvalue weighted by atomic mass is 10.0. The Morgan fingerprint density at radius 3 is 2.00 bits per heavy atom. The zero-order chi connectivity index (χ0) is 28.1. The number of hydrogen-bond donors (Lipinski definition) is 3. The fraction of sp³-hybridized carbons (Fsp3) is 0.567. The van der Waals surface area contributed by atoms with Crippen LogP contribution in [0.2, 0.25) is 0 Å². The molecular weight excluding hydrogens is 494 g/mol. The van der Waals surface area contributed by atoms with Gasteiger partial charge in [0.1, 0.15) is 11.8 Å². The van der Waals surface area contributed by atoms with Crippen molar-refractivity contribution >= 4 is 17.8 Å². The molecule has 1 atom stereocenters. The van der Waals surface area contributed by atoms with Gasteiger partial charge in [-0.2, -0.15) is 0 Å². The van der Waals surface area contributed by atoms with E-state index < -0.39 is 18.0 Å². The molecule has 0 spiro atoms. The van der Waals surface area contributed by atoms with Crippen molar-refractivity contribution in [2.45, 2.75) is 96.7 Å². The maximum atomic E-state index is 12.3. The molecule has 39 heavy (non-hydrogen) atoms. The molecule has 2 rings (SSSR count). The molecule has 0 bridgehead atoms. The van der Waals surface area contributed by atoms with Crippen molar-refractivity contribution in [3.8, 4) is 0 Å². The van der Waals surface area contributed by atoms with Gasteiger partial charge in [-0.05, 0) is 62.9 Å². The topological polar surface area (TPSA) is 125 Å². The van der Waals surface area contributed by atoms with Gasteiger partial charge in [0.2, 0.25) is 0 Å². The number of urea groups is 1. The van der Waals surface area contributed by atoms with Crippen LogP contribution < -0.4 is 10.6 Å². The van der Waals surface area contributed by atoms with Crippen LogP contribution >= 0.6 is 0 Å². The summed E-state index contributed by atoms with van der Waals surface area (Å²) in [5.74, 6) is -0.681. The molecule has 0 saturated heterocycles. The van der Waals surface area contributed by atoms with Gasteiger partial charge in [0.05, 0.1) is 11.4 Å². The molecule has 0 aliphatic rings. The van der Waals surface area contributed by atoms with Crippen LogP contribution in [0.4, 0.5) is 4.79 Å². The molecule has 2 amide bonds. The second kappa shape index (κ2) is 19.7. The number of nitrogens with zero attached hydrogens (tertiary/aromatic N) is 3. The summed E-state index contributed by atoms with van der Waals surface area (Å²) in [6.45, 7) is 4.80. The number of Topliss-reactive ketones (excluding diaryl/α,β-unsaturated/α-hetero) is 1. The van der Waals surface area contributed by atoms with E-state index in [1.54, 1.807) is 0 Å². The number of pyridine rings is 2. The van der Waals surface area contributed by atoms with E-state index in [0.717, 1.165) is 76.0 Å². The van der Waals surface area contributed by atoms with E-state index in [9.17, 15) is 14.4 Å². The van der Waals surface area contributed by atoms with Crippen LogP contribution in [0.1, 0.15) is 88.9 Å². The average molecular weight is 540 g/mol. The maximum absolute atomic E-state index is 12.3. The molecule has 9 nitrogen and oxygen atoms in total. The Labute approximate surface area is 232 Å². The average Bonchev–Trinajstić information content (AvgIpc) is 2.93. The van der Waals surface area contributed by atoms with Gasteiger partial charge >= 0.3 is 12.0 Å². The van der Waals surface area contributed by atoms with Crippen molar-refractivity contribution in [2.24, 2.45) is 0 Å². The maximum Gasteiger partial charge on any atom is 0.326 e. The van der Waals surface area contributed by atoms with E-state index in [0.29, 0.717) is 38.0 Å². The molecule has 9 heteroatoms. The third-order valence-electron chi connectivity index (χ3n) is 6.50. The molecule has 1 unspecified atom stereocenters. The van der Waals surface area contributed by atoms with Crippen LogP contribution in [0.3, 0.4) is 0 Å². The minimum absolute atomic E-state index is 0.328. The fourth-order valence-electron chi connectivity index (χ4n) is 4.37. The van der Waals surface area contributed by atoms with E-state index in [1.807, 2.05) is 55.7 Å². The zero-order valence-corrected chi connectivity index (χ0v) is 23.3. The van der Waals surface area contributed by atoms with Crippen molar-refractivity contribution < 1.29 is 19.5 Å². The van der Waals surface area contributed by atoms with E-state index >= 15 is 0 Å². The van der Waals surface area contributed by atoms with Crippen molar-refractivity contribution in [3.63, 3.8) is 0 Å². The summed E-state index contributed by atoms with van der Waals surface area (Å²) < 4.78 is 0. The zero-order valence-electron chi connectivity index (χ0n) is 23.3. The standard InChI is InChI=1S/C30H45N5O4/c1-2-14-28(29(37)38)34-30(39)33-21-10-5-3-4-6-17-27(36)18-9-13-22-35(23-25-15-7-11-19-31-25)24-26-16-8-12-20-32-26/h7-8,11-12,15-16,19-20,28H,2-6,9-10,13-14,17-18,21-24H2,1H3,(H,37,38)(H2,33,34,39). The molecule has 2 heterocycles. The molecule has 2 aromatic heterocycles. The minimum atomic E-state index is -1.01. The summed E-state index contributed by atoms with van der Waals surface area (Å²) in [5.41, 5.74) is 2.06. The van der Waals surface area contributed by atoms with Gasteiger partial charge in [0.25, 0.3) is 0 Å². The number of carbonyl (C=O) groups is 3. The number of carboxylic acids is 1. The van der Waals surface area contributed by atoms with Crippen molar-refractivity contribution in [2.75, 3.05) is 13.1 Å². The van der Waals surface area contributed by atoms with Crippen LogP contribution in [-0.4, -0.2) is 56.9 Å². The second-order valence-corrected chi connectivity index (χ2v) is 9.95. The largest absolute Gasteiger partial charge is 0.480 e. The quantitative estimate of drug-likeness (QED) is 0.188. The Bertz CT molecular complexity index is 917. The smallest absolute Gasteiger partial charge is 0.326 e. The van der Waals surface area contributed by atoms with Crippen LogP contribution in [0.25, 0.3) is 0 Å². The Kier molecular flexibility index (Phi) is 16.1. The summed E-state index contributed by atoms with van der Waals surface area (Å²) in [4.78, 5) is 46.5. The highest BCUT2D eigenvalue weighted by molar-refractivity contribution is 5.82. The highest BCUT2D eigenvalue weighted by Crippen LogP contribution is 2.11. The second-order valence-electron chi connectivity index (χ2n) is 9.95. The number of rotatable bonds is 21. The summed E-state index contributed by atoms with van der Waals surface area (Å²) in [6.07, 6.45) is 12.5. The van der Waals surface area contributed by atoms with E-state index in [4.69, 9.17) is 5.11 Å². The van der Waals surface area contributed by atoms with Crippen molar-refractivity contribution in [3.05, 3.63) is 60.2 Å². The molecular formula is C30H45N5O4. The molecule has 0 saturated carbocycles. The lowest BCUT2D eigenvalue weighted by molar-refractivity contribution is -0.139. The first-order valence-electron chi connectivity index (χ1n) is 14.3. The van der Waals surface area contributed by atoms with Gasteiger partial charge in [-0.25, -0.2) is 9.59 Å². The van der Waals surface area contributed by atoms with Gasteiger partial charge in [-0.15, -0.1) is 0 Å². The number of carbonyl (C=O) groups excluding carboxylic acids is 2. The highest BCUT2D eigenvalue weighted by Gasteiger charge is 2.18. The highest BCUT2D eigenvalue weighted by atomic mass is 16.4. The summed E-state index contributed by atoms with van der Waals surface area (Å²) in [6, 6.07) is 10.6. The molecule has 0 aliphatic carbocycles. The monoisotopic (exact) mass is 539 g/mol. The lowest BCUT2D eigenvalue weighted by Crippen LogP contribution is -2.46. The summed E-state index contributed by atoms with van der Waals surface area (Å²) in [5, 5.41) is 14.3. The molecule has 0 aromatic carbocycles. The first-order valence-corrected chi connectivity index (χ1v) is 14.3. The molecule has 2 aromatic rings. The van der Waals surface area contributed by atoms with Crippen molar-refractivity contribution in [1.82, 2.24) is 25.5 Å². The Morgan fingerprint density at radius 1 is 0.846 bits per heavy atom. The predicted molar refractivity (Wildman–Crippen MR) is 152 cm³/mol. The number of ketones is 1. The van der Waals surface area contributed by atoms with Crippen molar-refractivity contribution in [1.29, 1.82) is 0 Å². The number of nitrogens with one attached hydrogen (secondary N) is 2. The fourth-order valence-corrected chi connectivity index (χ4v) is 4.37. The number of hydrogen-bond acceptors (Lipinski definition) is 6. The van der Waals surface area contributed by atoms with Gasteiger partial charge in [0, 0.05) is 44.9 Å². The summed E-state index contributed by atoms with van der Waals surface area (Å²) >= 11 is 0. The van der Waals surface area contributed by atoms with Gasteiger partial charge in [-0.3, -0.25) is 19.7 Å². The Hall–Kier alpha value is -3.33. The van der Waals surface area contributed by atoms with E-state index in [-0.39, 0.29) is 0 Å². The number of unbranched alkanes of at least 4 members (excludes halogenated alkanes) is 5. The first kappa shape index (κ1) is 31.9. The normalized spacial score (nSPS) is 11.7. The Morgan fingerprint density at radius 2 is 1.44 bits per heavy atom. The first-order chi connectivity index (χ1) is 19.0. The third-order valence-corrected chi connectivity index (χ3v) is 6.50. The van der Waals surface area contributed by atoms with E-state index in [2.05, 4.69) is 25.5 Å². The molecule has 3 N–H and O–H groups in total. The van der Waals surface area contributed by atoms with Crippen LogP contribution in [0.5, 0.6) is 0 Å². The van der Waals surface area contributed by atoms with Crippen LogP contribution in [0, 0.1) is 0 Å².